The molecule has 0 bridgehead atoms. The Morgan fingerprint density at radius 1 is 1.17 bits per heavy atom. The van der Waals surface area contributed by atoms with Gasteiger partial charge in [-0.1, -0.05) is 30.3 Å². The van der Waals surface area contributed by atoms with Gasteiger partial charge in [0.2, 0.25) is 0 Å². The Kier molecular flexibility index (Phi) is 2.86. The van der Waals surface area contributed by atoms with Crippen molar-refractivity contribution in [3.8, 4) is 0 Å². The van der Waals surface area contributed by atoms with Crippen molar-refractivity contribution < 1.29 is 14.7 Å². The van der Waals surface area contributed by atoms with Crippen LogP contribution < -0.4 is 0 Å². The fourth-order valence-electron chi connectivity index (χ4n) is 2.45. The van der Waals surface area contributed by atoms with Gasteiger partial charge in [0.05, 0.1) is 6.04 Å². The van der Waals surface area contributed by atoms with E-state index in [1.165, 1.54) is 18.9 Å². The Labute approximate surface area is 106 Å². The predicted molar refractivity (Wildman–Crippen MR) is 65.7 cm³/mol. The number of rotatable bonds is 1. The molecule has 0 unspecified atom stereocenters. The Bertz CT molecular complexity index is 484. The minimum absolute atomic E-state index is 0.416. The summed E-state index contributed by atoms with van der Waals surface area (Å²) in [6.07, 6.45) is 0. The largest absolute Gasteiger partial charge is 0.378 e. The number of benzene rings is 1. The maximum atomic E-state index is 12.0. The van der Waals surface area contributed by atoms with Crippen LogP contribution in [0.15, 0.2) is 30.3 Å². The molecule has 96 valence electrons. The molecule has 1 aromatic rings. The van der Waals surface area contributed by atoms with Crippen LogP contribution in [-0.4, -0.2) is 46.5 Å². The zero-order valence-corrected chi connectivity index (χ0v) is 10.6. The minimum Gasteiger partial charge on any atom is -0.378 e. The number of likely N-dealkylation sites (N-methyl/N-ethyl adjacent to an activating group) is 2. The molecule has 1 aromatic carbocycles. The molecule has 0 aliphatic carbocycles. The second-order valence-electron chi connectivity index (χ2n) is 4.72. The summed E-state index contributed by atoms with van der Waals surface area (Å²) in [7, 11) is 2.95. The average Bonchev–Trinajstić information content (AvgIpc) is 2.35. The van der Waals surface area contributed by atoms with Crippen molar-refractivity contribution >= 4 is 11.9 Å². The molecule has 3 amide bonds. The van der Waals surface area contributed by atoms with Gasteiger partial charge in [-0.15, -0.1) is 0 Å². The van der Waals surface area contributed by atoms with Crippen LogP contribution in [-0.2, 0) is 4.79 Å². The zero-order valence-electron chi connectivity index (χ0n) is 10.6. The van der Waals surface area contributed by atoms with Gasteiger partial charge in [0, 0.05) is 14.1 Å². The number of aliphatic hydroxyl groups is 1. The highest BCUT2D eigenvalue weighted by Crippen LogP contribution is 2.36. The normalized spacial score (nSPS) is 28.8. The average molecular weight is 248 g/mol. The van der Waals surface area contributed by atoms with E-state index in [-0.39, 0.29) is 0 Å². The number of hydrogen-bond acceptors (Lipinski definition) is 3. The van der Waals surface area contributed by atoms with E-state index in [2.05, 4.69) is 0 Å². The molecule has 1 aliphatic rings. The Balaban J connectivity index is 2.51. The molecule has 1 N–H and O–H groups in total. The Hall–Kier alpha value is -1.88. The van der Waals surface area contributed by atoms with Gasteiger partial charge in [-0.25, -0.2) is 4.79 Å². The van der Waals surface area contributed by atoms with Crippen LogP contribution in [0, 0.1) is 0 Å². The van der Waals surface area contributed by atoms with E-state index in [9.17, 15) is 14.7 Å². The molecule has 0 aromatic heterocycles. The van der Waals surface area contributed by atoms with Crippen LogP contribution in [0.3, 0.4) is 0 Å². The number of carbonyl (C=O) groups excluding carboxylic acids is 2. The first-order chi connectivity index (χ1) is 8.37. The van der Waals surface area contributed by atoms with Crippen molar-refractivity contribution in [3.63, 3.8) is 0 Å². The van der Waals surface area contributed by atoms with E-state index < -0.39 is 23.6 Å². The summed E-state index contributed by atoms with van der Waals surface area (Å²) in [5.74, 6) is -0.584. The highest BCUT2D eigenvalue weighted by Gasteiger charge is 2.51. The van der Waals surface area contributed by atoms with E-state index in [1.807, 2.05) is 18.2 Å². The first kappa shape index (κ1) is 12.6. The second kappa shape index (κ2) is 4.10. The van der Waals surface area contributed by atoms with Crippen molar-refractivity contribution in [2.24, 2.45) is 0 Å². The highest BCUT2D eigenvalue weighted by atomic mass is 16.3. The van der Waals surface area contributed by atoms with E-state index in [4.69, 9.17) is 0 Å². The number of nitrogens with zero attached hydrogens (tertiary/aromatic N) is 2. The van der Waals surface area contributed by atoms with Gasteiger partial charge in [0.1, 0.15) is 0 Å². The number of hydrogen-bond donors (Lipinski definition) is 1. The molecule has 18 heavy (non-hydrogen) atoms. The van der Waals surface area contributed by atoms with Gasteiger partial charge in [0.25, 0.3) is 5.91 Å². The van der Waals surface area contributed by atoms with Gasteiger partial charge in [-0.2, -0.15) is 0 Å². The van der Waals surface area contributed by atoms with Gasteiger partial charge in [-0.3, -0.25) is 9.69 Å². The summed E-state index contributed by atoms with van der Waals surface area (Å²) in [6.45, 7) is 1.44. The smallest absolute Gasteiger partial charge is 0.326 e. The number of urea groups is 1. The van der Waals surface area contributed by atoms with Gasteiger partial charge >= 0.3 is 6.03 Å². The summed E-state index contributed by atoms with van der Waals surface area (Å²) in [5, 5.41) is 10.4. The van der Waals surface area contributed by atoms with E-state index >= 15 is 0 Å². The summed E-state index contributed by atoms with van der Waals surface area (Å²) in [4.78, 5) is 26.3. The van der Waals surface area contributed by atoms with Crippen molar-refractivity contribution in [2.45, 2.75) is 18.6 Å². The van der Waals surface area contributed by atoms with E-state index in [0.29, 0.717) is 0 Å². The molecular formula is C13H16N2O3. The van der Waals surface area contributed by atoms with Crippen LogP contribution in [0.25, 0.3) is 0 Å². The van der Waals surface area contributed by atoms with Crippen molar-refractivity contribution in [2.75, 3.05) is 14.1 Å². The molecule has 5 heteroatoms. The molecule has 1 heterocycles. The lowest BCUT2D eigenvalue weighted by atomic mass is 9.86. The fraction of sp³-hybridized carbons (Fsp3) is 0.385. The number of amides is 3. The molecule has 2 atom stereocenters. The molecule has 0 spiro atoms. The first-order valence-electron chi connectivity index (χ1n) is 5.69. The Morgan fingerprint density at radius 2 is 1.72 bits per heavy atom. The summed E-state index contributed by atoms with van der Waals surface area (Å²) >= 11 is 0. The third-order valence-electron chi connectivity index (χ3n) is 3.36. The molecule has 1 saturated heterocycles. The molecule has 0 radical (unpaired) electrons. The molecule has 5 nitrogen and oxygen atoms in total. The van der Waals surface area contributed by atoms with Crippen LogP contribution in [0.1, 0.15) is 18.5 Å². The van der Waals surface area contributed by atoms with Gasteiger partial charge in [-0.05, 0) is 12.5 Å². The maximum Gasteiger partial charge on any atom is 0.326 e. The van der Waals surface area contributed by atoms with Crippen LogP contribution in [0.4, 0.5) is 4.79 Å². The van der Waals surface area contributed by atoms with E-state index in [0.717, 1.165) is 10.5 Å². The summed E-state index contributed by atoms with van der Waals surface area (Å²) < 4.78 is 0. The van der Waals surface area contributed by atoms with Crippen LogP contribution >= 0.6 is 0 Å². The maximum absolute atomic E-state index is 12.0. The second-order valence-corrected chi connectivity index (χ2v) is 4.72. The topological polar surface area (TPSA) is 60.9 Å². The van der Waals surface area contributed by atoms with Crippen molar-refractivity contribution in [1.82, 2.24) is 9.80 Å². The van der Waals surface area contributed by atoms with Crippen LogP contribution in [0.2, 0.25) is 0 Å². The van der Waals surface area contributed by atoms with Crippen molar-refractivity contribution in [3.05, 3.63) is 35.9 Å². The van der Waals surface area contributed by atoms with Gasteiger partial charge in [0.15, 0.2) is 5.60 Å². The van der Waals surface area contributed by atoms with Gasteiger partial charge < -0.3 is 10.0 Å². The molecule has 1 fully saturated rings. The summed E-state index contributed by atoms with van der Waals surface area (Å²) in [6, 6.07) is 7.97. The molecule has 1 aliphatic heterocycles. The zero-order chi connectivity index (χ0) is 13.5. The molecule has 2 rings (SSSR count). The minimum atomic E-state index is -1.63. The monoisotopic (exact) mass is 248 g/mol. The molecular weight excluding hydrogens is 232 g/mol. The number of imide groups is 1. The number of carbonyl (C=O) groups is 2. The lowest BCUT2D eigenvalue weighted by molar-refractivity contribution is -0.157. The first-order valence-corrected chi connectivity index (χ1v) is 5.69. The lowest BCUT2D eigenvalue weighted by Crippen LogP contribution is -2.63. The Morgan fingerprint density at radius 3 is 2.28 bits per heavy atom. The summed E-state index contributed by atoms with van der Waals surface area (Å²) in [5.41, 5.74) is -0.890. The SMILES string of the molecule is CN1C(=O)N(C)[C@@H](c2ccccc2)[C@@](C)(O)C1=O. The lowest BCUT2D eigenvalue weighted by Gasteiger charge is -2.45. The standard InChI is InChI=1S/C13H16N2O3/c1-13(18)10(9-7-5-4-6-8-9)14(2)12(17)15(3)11(13)16/h4-8,10,18H,1-3H3/t10-,13+/m0/s1. The van der Waals surface area contributed by atoms with Crippen molar-refractivity contribution in [1.29, 1.82) is 0 Å². The third kappa shape index (κ3) is 1.67. The third-order valence-corrected chi connectivity index (χ3v) is 3.36. The predicted octanol–water partition coefficient (Wildman–Crippen LogP) is 1.00. The fourth-order valence-corrected chi connectivity index (χ4v) is 2.45. The molecule has 0 saturated carbocycles. The van der Waals surface area contributed by atoms with E-state index in [1.54, 1.807) is 19.2 Å². The van der Waals surface area contributed by atoms with Crippen LogP contribution in [0.5, 0.6) is 0 Å². The quantitative estimate of drug-likeness (QED) is 0.806. The highest BCUT2D eigenvalue weighted by molar-refractivity contribution is 6.01.